The summed E-state index contributed by atoms with van der Waals surface area (Å²) >= 11 is 0. The molecule has 0 bridgehead atoms. The molecule has 0 aliphatic carbocycles. The zero-order chi connectivity index (χ0) is 20.3. The Labute approximate surface area is 164 Å². The number of carbonyl (C=O) groups is 1. The van der Waals surface area contributed by atoms with Crippen LogP contribution >= 0.6 is 0 Å². The van der Waals surface area contributed by atoms with Crippen molar-refractivity contribution in [3.63, 3.8) is 0 Å². The molecule has 148 valence electrons. The average Bonchev–Trinajstić information content (AvgIpc) is 2.94. The molecule has 1 aliphatic heterocycles. The number of carbonyl (C=O) groups excluding carboxylic acids is 1. The van der Waals surface area contributed by atoms with Crippen LogP contribution in [0.3, 0.4) is 0 Å². The highest BCUT2D eigenvalue weighted by molar-refractivity contribution is 7.90. The minimum absolute atomic E-state index is 0.123. The minimum atomic E-state index is -3.65. The molecule has 3 rings (SSSR count). The second kappa shape index (κ2) is 8.02. The Balaban J connectivity index is 1.83. The van der Waals surface area contributed by atoms with E-state index in [0.29, 0.717) is 17.9 Å². The van der Waals surface area contributed by atoms with Crippen LogP contribution in [-0.4, -0.2) is 33.3 Å². The van der Waals surface area contributed by atoms with Crippen LogP contribution in [0.5, 0.6) is 5.75 Å². The normalized spacial score (nSPS) is 17.1. The van der Waals surface area contributed by atoms with Gasteiger partial charge in [0, 0.05) is 17.7 Å². The molecule has 1 aliphatic rings. The molecular formula is C20H23N3O4S. The lowest BCUT2D eigenvalue weighted by atomic mass is 10.0. The van der Waals surface area contributed by atoms with Gasteiger partial charge in [0.1, 0.15) is 17.6 Å². The van der Waals surface area contributed by atoms with E-state index in [1.54, 1.807) is 25.3 Å². The summed E-state index contributed by atoms with van der Waals surface area (Å²) in [6.45, 7) is 4.03. The number of ether oxygens (including phenoxy) is 1. The molecule has 2 N–H and O–H groups in total. The van der Waals surface area contributed by atoms with Gasteiger partial charge >= 0.3 is 0 Å². The van der Waals surface area contributed by atoms with Gasteiger partial charge < -0.3 is 10.1 Å². The first-order chi connectivity index (χ1) is 13.3. The summed E-state index contributed by atoms with van der Waals surface area (Å²) in [5.41, 5.74) is 1.33. The largest absolute Gasteiger partial charge is 0.496 e. The Morgan fingerprint density at radius 3 is 2.54 bits per heavy atom. The maximum Gasteiger partial charge on any atom is 0.263 e. The number of nitrogens with zero attached hydrogens (tertiary/aromatic N) is 1. The Morgan fingerprint density at radius 1 is 1.14 bits per heavy atom. The van der Waals surface area contributed by atoms with Gasteiger partial charge in [0.05, 0.1) is 12.0 Å². The lowest BCUT2D eigenvalue weighted by molar-refractivity contribution is -0.123. The van der Waals surface area contributed by atoms with Gasteiger partial charge in [0.2, 0.25) is 5.91 Å². The number of aliphatic imine (C=N–C) groups is 1. The number of methoxy groups -OCH3 is 1. The molecular weight excluding hydrogens is 378 g/mol. The van der Waals surface area contributed by atoms with Crippen LogP contribution in [0.4, 0.5) is 0 Å². The number of hydrogen-bond donors (Lipinski definition) is 2. The van der Waals surface area contributed by atoms with Crippen molar-refractivity contribution in [2.75, 3.05) is 7.11 Å². The van der Waals surface area contributed by atoms with Crippen molar-refractivity contribution in [3.05, 3.63) is 59.7 Å². The monoisotopic (exact) mass is 401 g/mol. The molecule has 0 aromatic heterocycles. The standard InChI is InChI=1S/C20H23N3O4S/c1-13(2)18(20(24)21-12-14-8-4-6-10-16(14)27-3)22-19-15-9-5-7-11-17(15)28(25,26)23-19/h4-11,13,18H,12H2,1-3H3,(H,21,24)(H,22,23)/t18-/m1/s1. The molecule has 1 heterocycles. The number of hydrogen-bond acceptors (Lipinski definition) is 5. The molecule has 0 unspecified atom stereocenters. The van der Waals surface area contributed by atoms with Gasteiger partial charge in [0.25, 0.3) is 10.0 Å². The van der Waals surface area contributed by atoms with Crippen LogP contribution in [0.1, 0.15) is 25.0 Å². The van der Waals surface area contributed by atoms with Crippen molar-refractivity contribution < 1.29 is 17.9 Å². The highest BCUT2D eigenvalue weighted by atomic mass is 32.2. The van der Waals surface area contributed by atoms with Crippen molar-refractivity contribution in [2.24, 2.45) is 10.9 Å². The van der Waals surface area contributed by atoms with Gasteiger partial charge in [-0.15, -0.1) is 0 Å². The minimum Gasteiger partial charge on any atom is -0.496 e. The van der Waals surface area contributed by atoms with E-state index >= 15 is 0 Å². The number of amides is 1. The fraction of sp³-hybridized carbons (Fsp3) is 0.300. The molecule has 7 nitrogen and oxygen atoms in total. The molecule has 0 saturated carbocycles. The zero-order valence-electron chi connectivity index (χ0n) is 16.0. The second-order valence-electron chi connectivity index (χ2n) is 6.80. The van der Waals surface area contributed by atoms with Crippen molar-refractivity contribution in [3.8, 4) is 5.75 Å². The molecule has 2 aromatic carbocycles. The smallest absolute Gasteiger partial charge is 0.263 e. The van der Waals surface area contributed by atoms with E-state index in [2.05, 4.69) is 15.0 Å². The quantitative estimate of drug-likeness (QED) is 0.774. The van der Waals surface area contributed by atoms with Crippen LogP contribution < -0.4 is 14.8 Å². The number of rotatable bonds is 6. The van der Waals surface area contributed by atoms with E-state index in [-0.39, 0.29) is 22.6 Å². The van der Waals surface area contributed by atoms with Gasteiger partial charge in [-0.25, -0.2) is 8.42 Å². The fourth-order valence-electron chi connectivity index (χ4n) is 3.02. The van der Waals surface area contributed by atoms with Gasteiger partial charge in [-0.05, 0) is 24.1 Å². The lowest BCUT2D eigenvalue weighted by Crippen LogP contribution is -2.38. The predicted molar refractivity (Wildman–Crippen MR) is 107 cm³/mol. The van der Waals surface area contributed by atoms with E-state index in [1.165, 1.54) is 6.07 Å². The zero-order valence-corrected chi connectivity index (χ0v) is 16.8. The van der Waals surface area contributed by atoms with Crippen LogP contribution in [0.15, 0.2) is 58.4 Å². The third-order valence-corrected chi connectivity index (χ3v) is 5.87. The average molecular weight is 401 g/mol. The summed E-state index contributed by atoms with van der Waals surface area (Å²) in [5.74, 6) is 0.480. The Hall–Kier alpha value is -2.87. The third kappa shape index (κ3) is 4.01. The van der Waals surface area contributed by atoms with Crippen molar-refractivity contribution in [1.82, 2.24) is 10.0 Å². The maximum atomic E-state index is 12.8. The number of nitrogens with one attached hydrogen (secondary N) is 2. The molecule has 28 heavy (non-hydrogen) atoms. The molecule has 1 amide bonds. The van der Waals surface area contributed by atoms with Gasteiger partial charge in [-0.2, -0.15) is 0 Å². The Kier molecular flexibility index (Phi) is 5.69. The van der Waals surface area contributed by atoms with E-state index < -0.39 is 16.1 Å². The predicted octanol–water partition coefficient (Wildman–Crippen LogP) is 2.07. The molecule has 2 aromatic rings. The number of sulfonamides is 1. The highest BCUT2D eigenvalue weighted by Gasteiger charge is 2.32. The van der Waals surface area contributed by atoms with E-state index in [0.717, 1.165) is 5.56 Å². The third-order valence-electron chi connectivity index (χ3n) is 4.48. The SMILES string of the molecule is COc1ccccc1CNC(=O)[C@H](N=C1NS(=O)(=O)c2ccccc21)C(C)C. The number of amidine groups is 1. The molecule has 0 fully saturated rings. The lowest BCUT2D eigenvalue weighted by Gasteiger charge is -2.18. The fourth-order valence-corrected chi connectivity index (χ4v) is 4.25. The van der Waals surface area contributed by atoms with E-state index in [9.17, 15) is 13.2 Å². The van der Waals surface area contributed by atoms with Crippen molar-refractivity contribution >= 4 is 21.8 Å². The molecule has 1 atom stereocenters. The maximum absolute atomic E-state index is 12.8. The summed E-state index contributed by atoms with van der Waals surface area (Å²) in [4.78, 5) is 17.4. The molecule has 0 saturated heterocycles. The van der Waals surface area contributed by atoms with Gasteiger partial charge in [0.15, 0.2) is 0 Å². The molecule has 0 radical (unpaired) electrons. The summed E-state index contributed by atoms with van der Waals surface area (Å²) in [5, 5.41) is 2.87. The second-order valence-corrected chi connectivity index (χ2v) is 8.45. The summed E-state index contributed by atoms with van der Waals surface area (Å²) in [7, 11) is -2.07. The number of para-hydroxylation sites is 1. The number of fused-ring (bicyclic) bond motifs is 1. The van der Waals surface area contributed by atoms with Crippen molar-refractivity contribution in [2.45, 2.75) is 31.3 Å². The van der Waals surface area contributed by atoms with Gasteiger partial charge in [-0.1, -0.05) is 44.2 Å². The summed E-state index contributed by atoms with van der Waals surface area (Å²) in [6.07, 6.45) is 0. The molecule has 0 spiro atoms. The van der Waals surface area contributed by atoms with Crippen LogP contribution in [0.25, 0.3) is 0 Å². The van der Waals surface area contributed by atoms with Crippen molar-refractivity contribution in [1.29, 1.82) is 0 Å². The first-order valence-corrected chi connectivity index (χ1v) is 10.4. The number of benzene rings is 2. The topological polar surface area (TPSA) is 96.9 Å². The highest BCUT2D eigenvalue weighted by Crippen LogP contribution is 2.23. The van der Waals surface area contributed by atoms with Gasteiger partial charge in [-0.3, -0.25) is 14.5 Å². The van der Waals surface area contributed by atoms with E-state index in [1.807, 2.05) is 38.1 Å². The first kappa shape index (κ1) is 19.9. The summed E-state index contributed by atoms with van der Waals surface area (Å²) < 4.78 is 32.3. The Morgan fingerprint density at radius 2 is 1.82 bits per heavy atom. The van der Waals surface area contributed by atoms with Crippen LogP contribution in [0.2, 0.25) is 0 Å². The molecule has 8 heteroatoms. The Bertz CT molecular complexity index is 1020. The van der Waals surface area contributed by atoms with Crippen LogP contribution in [-0.2, 0) is 21.4 Å². The van der Waals surface area contributed by atoms with Crippen LogP contribution in [0, 0.1) is 5.92 Å². The first-order valence-electron chi connectivity index (χ1n) is 8.93. The van der Waals surface area contributed by atoms with E-state index in [4.69, 9.17) is 4.74 Å². The summed E-state index contributed by atoms with van der Waals surface area (Å²) in [6, 6.07) is 13.3.